The summed E-state index contributed by atoms with van der Waals surface area (Å²) in [4.78, 5) is 0. The zero-order valence-corrected chi connectivity index (χ0v) is 26.5. The number of hydrogen-bond acceptors (Lipinski definition) is 3. The lowest BCUT2D eigenvalue weighted by atomic mass is 10.0. The molecule has 0 aromatic carbocycles. The summed E-state index contributed by atoms with van der Waals surface area (Å²) in [5.41, 5.74) is 0. The van der Waals surface area contributed by atoms with Crippen LogP contribution in [0.25, 0.3) is 0 Å². The van der Waals surface area contributed by atoms with Gasteiger partial charge in [-0.2, -0.15) is 11.8 Å². The molecule has 0 heterocycles. The molecular formula is C34H70O2S. The molecule has 0 aliphatic carbocycles. The number of aliphatic hydroxyl groups is 2. The molecular weight excluding hydrogens is 472 g/mol. The molecule has 0 aromatic rings. The highest BCUT2D eigenvalue weighted by atomic mass is 32.2. The molecule has 0 spiro atoms. The van der Waals surface area contributed by atoms with Crippen LogP contribution in [0.15, 0.2) is 0 Å². The lowest BCUT2D eigenvalue weighted by molar-refractivity contribution is 0.179. The van der Waals surface area contributed by atoms with E-state index in [0.29, 0.717) is 0 Å². The van der Waals surface area contributed by atoms with Crippen LogP contribution in [0.5, 0.6) is 0 Å². The molecule has 0 rings (SSSR count). The zero-order valence-electron chi connectivity index (χ0n) is 25.7. The minimum absolute atomic E-state index is 0.193. The SMILES string of the molecule is CCCCCCCCCCCCCCCC(O)CSCC(O)CCCCCCCCCCCCCCC. The highest BCUT2D eigenvalue weighted by Gasteiger charge is 2.08. The van der Waals surface area contributed by atoms with Crippen molar-refractivity contribution in [3.05, 3.63) is 0 Å². The van der Waals surface area contributed by atoms with Crippen molar-refractivity contribution >= 4 is 11.8 Å². The third kappa shape index (κ3) is 32.4. The summed E-state index contributed by atoms with van der Waals surface area (Å²) < 4.78 is 0. The lowest BCUT2D eigenvalue weighted by Crippen LogP contribution is -2.14. The minimum Gasteiger partial charge on any atom is -0.392 e. The molecule has 2 nitrogen and oxygen atoms in total. The van der Waals surface area contributed by atoms with Crippen molar-refractivity contribution in [2.45, 2.75) is 206 Å². The van der Waals surface area contributed by atoms with Gasteiger partial charge in [0, 0.05) is 11.5 Å². The second kappa shape index (κ2) is 32.5. The highest BCUT2D eigenvalue weighted by Crippen LogP contribution is 2.17. The average Bonchev–Trinajstić information content (AvgIpc) is 2.89. The fourth-order valence-electron chi connectivity index (χ4n) is 5.30. The molecule has 37 heavy (non-hydrogen) atoms. The summed E-state index contributed by atoms with van der Waals surface area (Å²) in [6, 6.07) is 0. The predicted octanol–water partition coefficient (Wildman–Crippen LogP) is 11.4. The van der Waals surface area contributed by atoms with Crippen LogP contribution in [-0.2, 0) is 0 Å². The van der Waals surface area contributed by atoms with Gasteiger partial charge >= 0.3 is 0 Å². The lowest BCUT2D eigenvalue weighted by Gasteiger charge is -2.13. The fraction of sp³-hybridized carbons (Fsp3) is 1.00. The standard InChI is InChI=1S/C34H70O2S/c1-3-5-7-9-11-13-15-17-19-21-23-25-27-29-33(35)31-37-32-34(36)30-28-26-24-22-20-18-16-14-12-10-8-6-4-2/h33-36H,3-32H2,1-2H3. The van der Waals surface area contributed by atoms with Crippen LogP contribution >= 0.6 is 11.8 Å². The number of thioether (sulfide) groups is 1. The maximum Gasteiger partial charge on any atom is 0.0630 e. The fourth-order valence-corrected chi connectivity index (χ4v) is 6.32. The molecule has 0 radical (unpaired) electrons. The van der Waals surface area contributed by atoms with Crippen LogP contribution in [0.2, 0.25) is 0 Å². The highest BCUT2D eigenvalue weighted by molar-refractivity contribution is 7.99. The van der Waals surface area contributed by atoms with Gasteiger partial charge in [-0.25, -0.2) is 0 Å². The first-order valence-corrected chi connectivity index (χ1v) is 18.3. The molecule has 224 valence electrons. The van der Waals surface area contributed by atoms with E-state index in [9.17, 15) is 10.2 Å². The van der Waals surface area contributed by atoms with E-state index in [4.69, 9.17) is 0 Å². The third-order valence-corrected chi connectivity index (χ3v) is 9.14. The number of aliphatic hydroxyl groups excluding tert-OH is 2. The van der Waals surface area contributed by atoms with Crippen molar-refractivity contribution in [1.29, 1.82) is 0 Å². The Morgan fingerprint density at radius 1 is 0.351 bits per heavy atom. The maximum atomic E-state index is 10.2. The molecule has 0 bridgehead atoms. The summed E-state index contributed by atoms with van der Waals surface area (Å²) in [6.07, 6.45) is 37.1. The van der Waals surface area contributed by atoms with Gasteiger partial charge in [0.1, 0.15) is 0 Å². The second-order valence-corrected chi connectivity index (χ2v) is 13.0. The topological polar surface area (TPSA) is 40.5 Å². The molecule has 2 unspecified atom stereocenters. The van der Waals surface area contributed by atoms with Gasteiger partial charge in [0.25, 0.3) is 0 Å². The number of unbranched alkanes of at least 4 members (excludes halogenated alkanes) is 24. The molecule has 0 aromatic heterocycles. The molecule has 2 atom stereocenters. The molecule has 0 fully saturated rings. The molecule has 0 amide bonds. The van der Waals surface area contributed by atoms with Gasteiger partial charge in [0.05, 0.1) is 12.2 Å². The average molecular weight is 543 g/mol. The van der Waals surface area contributed by atoms with Crippen LogP contribution in [0, 0.1) is 0 Å². The monoisotopic (exact) mass is 543 g/mol. The Hall–Kier alpha value is 0.270. The van der Waals surface area contributed by atoms with Gasteiger partial charge in [-0.1, -0.05) is 181 Å². The van der Waals surface area contributed by atoms with Crippen molar-refractivity contribution in [2.75, 3.05) is 11.5 Å². The maximum absolute atomic E-state index is 10.2. The van der Waals surface area contributed by atoms with E-state index < -0.39 is 0 Å². The number of hydrogen-bond donors (Lipinski definition) is 2. The largest absolute Gasteiger partial charge is 0.392 e. The van der Waals surface area contributed by atoms with Crippen LogP contribution in [0.4, 0.5) is 0 Å². The van der Waals surface area contributed by atoms with Crippen LogP contribution < -0.4 is 0 Å². The Labute approximate surface area is 238 Å². The van der Waals surface area contributed by atoms with Gasteiger partial charge in [0.2, 0.25) is 0 Å². The predicted molar refractivity (Wildman–Crippen MR) is 170 cm³/mol. The van der Waals surface area contributed by atoms with Crippen molar-refractivity contribution in [1.82, 2.24) is 0 Å². The van der Waals surface area contributed by atoms with Crippen molar-refractivity contribution in [3.63, 3.8) is 0 Å². The first-order valence-electron chi connectivity index (χ1n) is 17.1. The van der Waals surface area contributed by atoms with Gasteiger partial charge in [0.15, 0.2) is 0 Å². The van der Waals surface area contributed by atoms with E-state index in [1.807, 2.05) is 0 Å². The summed E-state index contributed by atoms with van der Waals surface area (Å²) in [7, 11) is 0. The molecule has 0 saturated heterocycles. The molecule has 0 aliphatic heterocycles. The Morgan fingerprint density at radius 2 is 0.568 bits per heavy atom. The van der Waals surface area contributed by atoms with Crippen LogP contribution in [-0.4, -0.2) is 33.9 Å². The Morgan fingerprint density at radius 3 is 0.811 bits per heavy atom. The van der Waals surface area contributed by atoms with E-state index in [-0.39, 0.29) is 12.2 Å². The molecule has 3 heteroatoms. The smallest absolute Gasteiger partial charge is 0.0630 e. The van der Waals surface area contributed by atoms with E-state index >= 15 is 0 Å². The first kappa shape index (κ1) is 37.3. The quantitative estimate of drug-likeness (QED) is 0.0830. The van der Waals surface area contributed by atoms with E-state index in [2.05, 4.69) is 13.8 Å². The van der Waals surface area contributed by atoms with Gasteiger partial charge in [-0.15, -0.1) is 0 Å². The molecule has 2 N–H and O–H groups in total. The summed E-state index contributed by atoms with van der Waals surface area (Å²) in [5.74, 6) is 1.57. The van der Waals surface area contributed by atoms with Crippen LogP contribution in [0.1, 0.15) is 194 Å². The van der Waals surface area contributed by atoms with Crippen molar-refractivity contribution < 1.29 is 10.2 Å². The summed E-state index contributed by atoms with van der Waals surface area (Å²) >= 11 is 1.74. The second-order valence-electron chi connectivity index (χ2n) is 11.9. The van der Waals surface area contributed by atoms with Crippen molar-refractivity contribution in [3.8, 4) is 0 Å². The van der Waals surface area contributed by atoms with E-state index in [0.717, 1.165) is 37.2 Å². The van der Waals surface area contributed by atoms with Gasteiger partial charge in [-0.05, 0) is 12.8 Å². The van der Waals surface area contributed by atoms with E-state index in [1.165, 1.54) is 154 Å². The minimum atomic E-state index is -0.193. The van der Waals surface area contributed by atoms with Gasteiger partial charge in [-0.3, -0.25) is 0 Å². The molecule has 0 aliphatic rings. The Bertz CT molecular complexity index is 367. The zero-order chi connectivity index (χ0) is 27.1. The normalized spacial score (nSPS) is 13.3. The van der Waals surface area contributed by atoms with E-state index in [1.54, 1.807) is 11.8 Å². The van der Waals surface area contributed by atoms with Crippen LogP contribution in [0.3, 0.4) is 0 Å². The summed E-state index contributed by atoms with van der Waals surface area (Å²) in [5, 5.41) is 20.5. The summed E-state index contributed by atoms with van der Waals surface area (Å²) in [6.45, 7) is 4.57. The van der Waals surface area contributed by atoms with Gasteiger partial charge < -0.3 is 10.2 Å². The molecule has 0 saturated carbocycles. The Balaban J connectivity index is 3.26. The first-order chi connectivity index (χ1) is 18.2. The van der Waals surface area contributed by atoms with Crippen molar-refractivity contribution in [2.24, 2.45) is 0 Å². The third-order valence-electron chi connectivity index (χ3n) is 7.90. The number of rotatable bonds is 32. The Kier molecular flexibility index (Phi) is 32.7.